The van der Waals surface area contributed by atoms with Crippen LogP contribution < -0.4 is 11.1 Å². The highest BCUT2D eigenvalue weighted by atomic mass is 35.5. The van der Waals surface area contributed by atoms with Gasteiger partial charge in [0.15, 0.2) is 0 Å². The van der Waals surface area contributed by atoms with Crippen LogP contribution in [0.2, 0.25) is 5.02 Å². The molecule has 0 aliphatic carbocycles. The Balaban J connectivity index is 2.41. The zero-order chi connectivity index (χ0) is 12.2. The van der Waals surface area contributed by atoms with E-state index in [1.54, 1.807) is 0 Å². The quantitative estimate of drug-likeness (QED) is 0.827. The van der Waals surface area contributed by atoms with Gasteiger partial charge in [-0.3, -0.25) is 4.79 Å². The van der Waals surface area contributed by atoms with Gasteiger partial charge in [-0.25, -0.2) is 0 Å². The number of rotatable bonds is 5. The largest absolute Gasteiger partial charge is 0.369 e. The van der Waals surface area contributed by atoms with Gasteiger partial charge < -0.3 is 11.1 Å². The van der Waals surface area contributed by atoms with Gasteiger partial charge in [-0.1, -0.05) is 23.7 Å². The number of amides is 1. The minimum Gasteiger partial charge on any atom is -0.369 e. The van der Waals surface area contributed by atoms with Crippen LogP contribution in [0.4, 0.5) is 0 Å². The summed E-state index contributed by atoms with van der Waals surface area (Å²) >= 11 is 5.78. The first kappa shape index (κ1) is 13.0. The Morgan fingerprint density at radius 2 is 1.94 bits per heavy atom. The molecule has 0 aliphatic heterocycles. The van der Waals surface area contributed by atoms with E-state index in [-0.39, 0.29) is 5.91 Å². The standard InChI is InChI=1S/C12H17ClN2O/c1-12(2,11(14)16)8-15-7-9-3-5-10(13)6-4-9/h3-6,15H,7-8H2,1-2H3,(H2,14,16). The van der Waals surface area contributed by atoms with Gasteiger partial charge in [-0.2, -0.15) is 0 Å². The van der Waals surface area contributed by atoms with Crippen molar-refractivity contribution in [2.45, 2.75) is 20.4 Å². The molecular formula is C12H17ClN2O. The number of nitrogens with two attached hydrogens (primary N) is 1. The van der Waals surface area contributed by atoms with Gasteiger partial charge in [0.25, 0.3) is 0 Å². The summed E-state index contributed by atoms with van der Waals surface area (Å²) in [5, 5.41) is 3.92. The first-order chi connectivity index (χ1) is 7.42. The molecule has 1 aromatic rings. The van der Waals surface area contributed by atoms with Crippen molar-refractivity contribution in [1.82, 2.24) is 5.32 Å². The van der Waals surface area contributed by atoms with E-state index in [2.05, 4.69) is 5.32 Å². The molecule has 0 spiro atoms. The molecule has 0 aliphatic rings. The molecule has 0 unspecified atom stereocenters. The van der Waals surface area contributed by atoms with Crippen LogP contribution in [0.25, 0.3) is 0 Å². The van der Waals surface area contributed by atoms with E-state index in [0.717, 1.165) is 10.6 Å². The van der Waals surface area contributed by atoms with Crippen LogP contribution in [0.1, 0.15) is 19.4 Å². The van der Waals surface area contributed by atoms with Crippen molar-refractivity contribution in [1.29, 1.82) is 0 Å². The summed E-state index contributed by atoms with van der Waals surface area (Å²) in [6.45, 7) is 4.91. The van der Waals surface area contributed by atoms with Crippen molar-refractivity contribution in [3.8, 4) is 0 Å². The molecule has 1 amide bonds. The second-order valence-electron chi connectivity index (χ2n) is 4.48. The maximum absolute atomic E-state index is 11.1. The van der Waals surface area contributed by atoms with E-state index in [9.17, 15) is 4.79 Å². The monoisotopic (exact) mass is 240 g/mol. The summed E-state index contributed by atoms with van der Waals surface area (Å²) in [6, 6.07) is 7.59. The molecule has 88 valence electrons. The van der Waals surface area contributed by atoms with Crippen LogP contribution in [-0.4, -0.2) is 12.5 Å². The maximum atomic E-state index is 11.1. The summed E-state index contributed by atoms with van der Waals surface area (Å²) in [5.41, 5.74) is 5.88. The number of hydrogen-bond acceptors (Lipinski definition) is 2. The SMILES string of the molecule is CC(C)(CNCc1ccc(Cl)cc1)C(N)=O. The van der Waals surface area contributed by atoms with Crippen LogP contribution in [0.3, 0.4) is 0 Å². The summed E-state index contributed by atoms with van der Waals surface area (Å²) in [7, 11) is 0. The molecule has 0 fully saturated rings. The average molecular weight is 241 g/mol. The molecule has 0 radical (unpaired) electrons. The molecule has 1 aromatic carbocycles. The molecule has 16 heavy (non-hydrogen) atoms. The number of nitrogens with one attached hydrogen (secondary N) is 1. The Kier molecular flexibility index (Phi) is 4.33. The molecule has 0 aromatic heterocycles. The molecule has 0 saturated heterocycles. The fourth-order valence-corrected chi connectivity index (χ4v) is 1.33. The van der Waals surface area contributed by atoms with Crippen LogP contribution in [0.15, 0.2) is 24.3 Å². The van der Waals surface area contributed by atoms with Gasteiger partial charge in [-0.15, -0.1) is 0 Å². The van der Waals surface area contributed by atoms with Crippen molar-refractivity contribution in [2.75, 3.05) is 6.54 Å². The zero-order valence-corrected chi connectivity index (χ0v) is 10.3. The highest BCUT2D eigenvalue weighted by Crippen LogP contribution is 2.13. The lowest BCUT2D eigenvalue weighted by molar-refractivity contribution is -0.125. The second-order valence-corrected chi connectivity index (χ2v) is 4.91. The van der Waals surface area contributed by atoms with Gasteiger partial charge in [0.2, 0.25) is 5.91 Å². The molecule has 3 N–H and O–H groups in total. The van der Waals surface area contributed by atoms with Gasteiger partial charge in [0, 0.05) is 18.1 Å². The van der Waals surface area contributed by atoms with E-state index in [1.165, 1.54) is 0 Å². The predicted octanol–water partition coefficient (Wildman–Crippen LogP) is 1.94. The third kappa shape index (κ3) is 3.83. The first-order valence-corrected chi connectivity index (χ1v) is 5.55. The summed E-state index contributed by atoms with van der Waals surface area (Å²) < 4.78 is 0. The van der Waals surface area contributed by atoms with Crippen LogP contribution in [-0.2, 0) is 11.3 Å². The fraction of sp³-hybridized carbons (Fsp3) is 0.417. The Morgan fingerprint density at radius 1 is 1.38 bits per heavy atom. The van der Waals surface area contributed by atoms with E-state index in [1.807, 2.05) is 38.1 Å². The van der Waals surface area contributed by atoms with Crippen LogP contribution in [0, 0.1) is 5.41 Å². The lowest BCUT2D eigenvalue weighted by Crippen LogP contribution is -2.40. The first-order valence-electron chi connectivity index (χ1n) is 5.17. The highest BCUT2D eigenvalue weighted by molar-refractivity contribution is 6.30. The zero-order valence-electron chi connectivity index (χ0n) is 9.59. The predicted molar refractivity (Wildman–Crippen MR) is 66.1 cm³/mol. The lowest BCUT2D eigenvalue weighted by atomic mass is 9.93. The lowest BCUT2D eigenvalue weighted by Gasteiger charge is -2.20. The number of primary amides is 1. The molecule has 0 saturated carbocycles. The molecule has 0 bridgehead atoms. The fourth-order valence-electron chi connectivity index (χ4n) is 1.21. The minimum absolute atomic E-state index is 0.295. The molecule has 0 atom stereocenters. The average Bonchev–Trinajstić information content (AvgIpc) is 2.20. The third-order valence-corrected chi connectivity index (χ3v) is 2.73. The van der Waals surface area contributed by atoms with E-state index < -0.39 is 5.41 Å². The topological polar surface area (TPSA) is 55.1 Å². The number of benzene rings is 1. The minimum atomic E-state index is -0.521. The molecule has 1 rings (SSSR count). The number of carbonyl (C=O) groups excluding carboxylic acids is 1. The molecular weight excluding hydrogens is 224 g/mol. The summed E-state index contributed by atoms with van der Waals surface area (Å²) in [6.07, 6.45) is 0. The van der Waals surface area contributed by atoms with Gasteiger partial charge in [-0.05, 0) is 31.5 Å². The Hall–Kier alpha value is -1.06. The molecule has 4 heteroatoms. The normalized spacial score (nSPS) is 11.4. The van der Waals surface area contributed by atoms with Crippen molar-refractivity contribution < 1.29 is 4.79 Å². The van der Waals surface area contributed by atoms with Crippen molar-refractivity contribution in [2.24, 2.45) is 11.1 Å². The Labute approximate surface area is 101 Å². The van der Waals surface area contributed by atoms with E-state index in [4.69, 9.17) is 17.3 Å². The smallest absolute Gasteiger partial charge is 0.224 e. The van der Waals surface area contributed by atoms with Gasteiger partial charge >= 0.3 is 0 Å². The summed E-state index contributed by atoms with van der Waals surface area (Å²) in [4.78, 5) is 11.1. The summed E-state index contributed by atoms with van der Waals surface area (Å²) in [5.74, 6) is -0.295. The highest BCUT2D eigenvalue weighted by Gasteiger charge is 2.23. The number of halogens is 1. The number of carbonyl (C=O) groups is 1. The van der Waals surface area contributed by atoms with Gasteiger partial charge in [0.05, 0.1) is 5.41 Å². The molecule has 0 heterocycles. The van der Waals surface area contributed by atoms with Gasteiger partial charge in [0.1, 0.15) is 0 Å². The van der Waals surface area contributed by atoms with Crippen molar-refractivity contribution >= 4 is 17.5 Å². The van der Waals surface area contributed by atoms with Crippen LogP contribution in [0.5, 0.6) is 0 Å². The van der Waals surface area contributed by atoms with Crippen LogP contribution >= 0.6 is 11.6 Å². The maximum Gasteiger partial charge on any atom is 0.224 e. The Bertz CT molecular complexity index is 360. The molecule has 3 nitrogen and oxygen atoms in total. The van der Waals surface area contributed by atoms with E-state index >= 15 is 0 Å². The van der Waals surface area contributed by atoms with E-state index in [0.29, 0.717) is 13.1 Å². The number of hydrogen-bond donors (Lipinski definition) is 2. The Morgan fingerprint density at radius 3 is 2.44 bits per heavy atom. The van der Waals surface area contributed by atoms with Crippen molar-refractivity contribution in [3.05, 3.63) is 34.9 Å². The third-order valence-electron chi connectivity index (χ3n) is 2.48. The van der Waals surface area contributed by atoms with Crippen molar-refractivity contribution in [3.63, 3.8) is 0 Å². The second kappa shape index (κ2) is 5.32.